The summed E-state index contributed by atoms with van der Waals surface area (Å²) in [7, 11) is 1.92. The molecule has 1 heterocycles. The minimum Gasteiger partial charge on any atom is -0.373 e. The molecule has 1 N–H and O–H groups in total. The second-order valence-electron chi connectivity index (χ2n) is 5.09. The molecule has 108 valence electrons. The maximum atomic E-state index is 4.73. The maximum absolute atomic E-state index is 4.73. The van der Waals surface area contributed by atoms with Crippen molar-refractivity contribution < 1.29 is 0 Å². The molecule has 0 bridgehead atoms. The number of aryl methyl sites for hydroxylation is 1. The van der Waals surface area contributed by atoms with Crippen molar-refractivity contribution in [3.63, 3.8) is 0 Å². The van der Waals surface area contributed by atoms with Crippen LogP contribution in [0, 0.1) is 12.8 Å². The van der Waals surface area contributed by atoms with E-state index in [1.807, 2.05) is 7.05 Å². The highest BCUT2D eigenvalue weighted by molar-refractivity contribution is 5.58. The van der Waals surface area contributed by atoms with E-state index in [0.29, 0.717) is 5.92 Å². The van der Waals surface area contributed by atoms with Gasteiger partial charge in [-0.2, -0.15) is 0 Å². The fourth-order valence-corrected chi connectivity index (χ4v) is 2.13. The molecule has 1 rings (SSSR count). The molecule has 4 heteroatoms. The topological polar surface area (TPSA) is 41.1 Å². The van der Waals surface area contributed by atoms with Gasteiger partial charge < -0.3 is 10.2 Å². The smallest absolute Gasteiger partial charge is 0.137 e. The highest BCUT2D eigenvalue weighted by Gasteiger charge is 2.16. The second-order valence-corrected chi connectivity index (χ2v) is 5.09. The highest BCUT2D eigenvalue weighted by Crippen LogP contribution is 2.24. The van der Waals surface area contributed by atoms with Crippen LogP contribution in [0.1, 0.15) is 45.5 Å². The van der Waals surface area contributed by atoms with Crippen molar-refractivity contribution in [1.82, 2.24) is 9.97 Å². The molecule has 1 aromatic heterocycles. The lowest BCUT2D eigenvalue weighted by Crippen LogP contribution is -2.30. The molecular weight excluding hydrogens is 236 g/mol. The zero-order chi connectivity index (χ0) is 14.4. The molecule has 0 amide bonds. The maximum Gasteiger partial charge on any atom is 0.137 e. The van der Waals surface area contributed by atoms with Gasteiger partial charge in [0.1, 0.15) is 17.5 Å². The zero-order valence-electron chi connectivity index (χ0n) is 13.2. The standard InChI is InChI=1S/C15H28N4/c1-7-11(4)10-19(9-3)15-12(5)14(16-6)17-13(8-2)18-15/h11H,7-10H2,1-6H3,(H,16,17,18). The Hall–Kier alpha value is -1.32. The highest BCUT2D eigenvalue weighted by atomic mass is 15.2. The van der Waals surface area contributed by atoms with Gasteiger partial charge in [0.15, 0.2) is 0 Å². The van der Waals surface area contributed by atoms with E-state index in [9.17, 15) is 0 Å². The quantitative estimate of drug-likeness (QED) is 0.820. The van der Waals surface area contributed by atoms with Crippen molar-refractivity contribution in [2.75, 3.05) is 30.4 Å². The molecule has 19 heavy (non-hydrogen) atoms. The summed E-state index contributed by atoms with van der Waals surface area (Å²) in [4.78, 5) is 11.6. The summed E-state index contributed by atoms with van der Waals surface area (Å²) in [5.41, 5.74) is 1.14. The van der Waals surface area contributed by atoms with Gasteiger partial charge in [-0.1, -0.05) is 27.2 Å². The summed E-state index contributed by atoms with van der Waals surface area (Å²) in [5, 5.41) is 3.18. The third kappa shape index (κ3) is 3.82. The predicted molar refractivity (Wildman–Crippen MR) is 83.0 cm³/mol. The largest absolute Gasteiger partial charge is 0.373 e. The molecule has 0 aliphatic carbocycles. The number of hydrogen-bond donors (Lipinski definition) is 1. The molecule has 1 unspecified atom stereocenters. The lowest BCUT2D eigenvalue weighted by Gasteiger charge is -2.27. The molecule has 0 radical (unpaired) electrons. The number of hydrogen-bond acceptors (Lipinski definition) is 4. The monoisotopic (exact) mass is 264 g/mol. The van der Waals surface area contributed by atoms with Crippen molar-refractivity contribution in [3.8, 4) is 0 Å². The first kappa shape index (κ1) is 15.7. The van der Waals surface area contributed by atoms with E-state index < -0.39 is 0 Å². The summed E-state index contributed by atoms with van der Waals surface area (Å²) in [6.07, 6.45) is 2.06. The first-order chi connectivity index (χ1) is 9.07. The molecule has 1 aromatic rings. The van der Waals surface area contributed by atoms with Crippen molar-refractivity contribution in [3.05, 3.63) is 11.4 Å². The molecule has 0 aromatic carbocycles. The molecule has 0 saturated heterocycles. The van der Waals surface area contributed by atoms with Crippen LogP contribution < -0.4 is 10.2 Å². The van der Waals surface area contributed by atoms with E-state index in [4.69, 9.17) is 4.98 Å². The SMILES string of the molecule is CCc1nc(NC)c(C)c(N(CC)CC(C)CC)n1. The third-order valence-corrected chi connectivity index (χ3v) is 3.63. The lowest BCUT2D eigenvalue weighted by atomic mass is 10.1. The minimum absolute atomic E-state index is 0.678. The Morgan fingerprint density at radius 3 is 2.37 bits per heavy atom. The molecule has 0 saturated carbocycles. The number of nitrogens with zero attached hydrogens (tertiary/aromatic N) is 3. The fraction of sp³-hybridized carbons (Fsp3) is 0.733. The van der Waals surface area contributed by atoms with Crippen molar-refractivity contribution in [1.29, 1.82) is 0 Å². The summed E-state index contributed by atoms with van der Waals surface area (Å²) < 4.78 is 0. The number of aromatic nitrogens is 2. The van der Waals surface area contributed by atoms with Crippen LogP contribution in [0.4, 0.5) is 11.6 Å². The Balaban J connectivity index is 3.14. The van der Waals surface area contributed by atoms with E-state index in [1.165, 1.54) is 6.42 Å². The van der Waals surface area contributed by atoms with Gasteiger partial charge in [0.05, 0.1) is 0 Å². The van der Waals surface area contributed by atoms with Gasteiger partial charge in [-0.05, 0) is 19.8 Å². The van der Waals surface area contributed by atoms with E-state index in [1.54, 1.807) is 0 Å². The summed E-state index contributed by atoms with van der Waals surface area (Å²) in [6.45, 7) is 12.9. The molecule has 0 fully saturated rings. The van der Waals surface area contributed by atoms with Crippen LogP contribution in [0.25, 0.3) is 0 Å². The van der Waals surface area contributed by atoms with E-state index in [2.05, 4.69) is 49.8 Å². The van der Waals surface area contributed by atoms with Gasteiger partial charge in [0, 0.05) is 32.1 Å². The molecule has 0 aliphatic heterocycles. The summed E-state index contributed by atoms with van der Waals surface area (Å²) >= 11 is 0. The van der Waals surface area contributed by atoms with Gasteiger partial charge in [-0.15, -0.1) is 0 Å². The third-order valence-electron chi connectivity index (χ3n) is 3.63. The summed E-state index contributed by atoms with van der Waals surface area (Å²) in [5.74, 6) is 3.62. The molecule has 4 nitrogen and oxygen atoms in total. The van der Waals surface area contributed by atoms with Gasteiger partial charge in [-0.25, -0.2) is 9.97 Å². The first-order valence-electron chi connectivity index (χ1n) is 7.37. The lowest BCUT2D eigenvalue weighted by molar-refractivity contribution is 0.544. The Morgan fingerprint density at radius 2 is 1.89 bits per heavy atom. The average Bonchev–Trinajstić information content (AvgIpc) is 2.44. The molecule has 0 spiro atoms. The Morgan fingerprint density at radius 1 is 1.21 bits per heavy atom. The molecule has 0 aliphatic rings. The van der Waals surface area contributed by atoms with Crippen LogP contribution in [-0.2, 0) is 6.42 Å². The van der Waals surface area contributed by atoms with Gasteiger partial charge in [-0.3, -0.25) is 0 Å². The van der Waals surface area contributed by atoms with Gasteiger partial charge in [0.25, 0.3) is 0 Å². The van der Waals surface area contributed by atoms with E-state index in [0.717, 1.165) is 42.5 Å². The van der Waals surface area contributed by atoms with Crippen molar-refractivity contribution in [2.45, 2.75) is 47.5 Å². The van der Waals surface area contributed by atoms with Crippen molar-refractivity contribution in [2.24, 2.45) is 5.92 Å². The van der Waals surface area contributed by atoms with E-state index in [-0.39, 0.29) is 0 Å². The van der Waals surface area contributed by atoms with Gasteiger partial charge in [0.2, 0.25) is 0 Å². The minimum atomic E-state index is 0.678. The Bertz CT molecular complexity index is 403. The Kier molecular flexibility index (Phi) is 6.06. The first-order valence-corrected chi connectivity index (χ1v) is 7.37. The van der Waals surface area contributed by atoms with Crippen molar-refractivity contribution >= 4 is 11.6 Å². The average molecular weight is 264 g/mol. The number of anilines is 2. The normalized spacial score (nSPS) is 12.3. The molecule has 1 atom stereocenters. The number of rotatable bonds is 7. The Labute approximate surface area is 117 Å². The van der Waals surface area contributed by atoms with Crippen LogP contribution in [0.15, 0.2) is 0 Å². The van der Waals surface area contributed by atoms with Crippen LogP contribution >= 0.6 is 0 Å². The van der Waals surface area contributed by atoms with Crippen LogP contribution in [-0.4, -0.2) is 30.1 Å². The predicted octanol–water partition coefficient (Wildman–Crippen LogP) is 3.26. The summed E-state index contributed by atoms with van der Waals surface area (Å²) in [6, 6.07) is 0. The fourth-order valence-electron chi connectivity index (χ4n) is 2.13. The van der Waals surface area contributed by atoms with Gasteiger partial charge >= 0.3 is 0 Å². The number of nitrogens with one attached hydrogen (secondary N) is 1. The van der Waals surface area contributed by atoms with Crippen LogP contribution in [0.5, 0.6) is 0 Å². The van der Waals surface area contributed by atoms with Crippen LogP contribution in [0.3, 0.4) is 0 Å². The van der Waals surface area contributed by atoms with E-state index >= 15 is 0 Å². The zero-order valence-corrected chi connectivity index (χ0v) is 13.2. The van der Waals surface area contributed by atoms with Crippen LogP contribution in [0.2, 0.25) is 0 Å². The second kappa shape index (κ2) is 7.31. The molecular formula is C15H28N4.